The third-order valence-corrected chi connectivity index (χ3v) is 7.03. The van der Waals surface area contributed by atoms with E-state index in [0.717, 1.165) is 5.56 Å². The zero-order valence-corrected chi connectivity index (χ0v) is 18.9. The second-order valence-electron chi connectivity index (χ2n) is 6.88. The van der Waals surface area contributed by atoms with Gasteiger partial charge in [0.05, 0.1) is 30.8 Å². The minimum Gasteiger partial charge on any atom is -0.497 e. The third-order valence-electron chi connectivity index (χ3n) is 4.88. The first-order valence-electron chi connectivity index (χ1n) is 9.36. The standard InChI is InChI=1S/C23H24ClNO4S/c1-16-8-11-21(12-9-16)30(26,27)25(19-7-5-6-18(24)14-19)17(2)22-15-20(28-3)10-13-23(22)29-4/h5-15,17H,1-4H3. The SMILES string of the molecule is COc1ccc(OC)c(C(C)N(c2cccc(Cl)c2)S(=O)(=O)c2ccc(C)cc2)c1. The molecule has 0 heterocycles. The highest BCUT2D eigenvalue weighted by molar-refractivity contribution is 7.92. The van der Waals surface area contributed by atoms with Gasteiger partial charge in [0.15, 0.2) is 0 Å². The van der Waals surface area contributed by atoms with Crippen LogP contribution in [0.2, 0.25) is 5.02 Å². The molecule has 1 atom stereocenters. The van der Waals surface area contributed by atoms with Crippen molar-refractivity contribution in [1.82, 2.24) is 0 Å². The minimum absolute atomic E-state index is 0.196. The lowest BCUT2D eigenvalue weighted by Crippen LogP contribution is -2.34. The molecule has 0 saturated heterocycles. The first-order chi connectivity index (χ1) is 14.3. The van der Waals surface area contributed by atoms with Gasteiger partial charge in [-0.15, -0.1) is 0 Å². The number of hydrogen-bond donors (Lipinski definition) is 0. The van der Waals surface area contributed by atoms with Crippen LogP contribution in [0.3, 0.4) is 0 Å². The summed E-state index contributed by atoms with van der Waals surface area (Å²) in [5.41, 5.74) is 2.11. The number of rotatable bonds is 7. The average molecular weight is 446 g/mol. The molecule has 0 amide bonds. The molecule has 0 bridgehead atoms. The molecule has 1 unspecified atom stereocenters. The van der Waals surface area contributed by atoms with E-state index < -0.39 is 16.1 Å². The zero-order chi connectivity index (χ0) is 21.9. The molecule has 0 aliphatic rings. The van der Waals surface area contributed by atoms with Gasteiger partial charge in [0, 0.05) is 10.6 Å². The zero-order valence-electron chi connectivity index (χ0n) is 17.3. The number of sulfonamides is 1. The lowest BCUT2D eigenvalue weighted by Gasteiger charge is -2.32. The van der Waals surface area contributed by atoms with E-state index in [1.807, 2.05) is 13.8 Å². The van der Waals surface area contributed by atoms with Crippen molar-refractivity contribution >= 4 is 27.3 Å². The van der Waals surface area contributed by atoms with E-state index in [9.17, 15) is 8.42 Å². The summed E-state index contributed by atoms with van der Waals surface area (Å²) in [4.78, 5) is 0.196. The highest BCUT2D eigenvalue weighted by Gasteiger charge is 2.32. The van der Waals surface area contributed by atoms with Crippen LogP contribution < -0.4 is 13.8 Å². The second-order valence-corrected chi connectivity index (χ2v) is 9.13. The topological polar surface area (TPSA) is 55.8 Å². The molecule has 0 N–H and O–H groups in total. The van der Waals surface area contributed by atoms with Crippen LogP contribution in [0.25, 0.3) is 0 Å². The number of aryl methyl sites for hydroxylation is 1. The number of ether oxygens (including phenoxy) is 2. The van der Waals surface area contributed by atoms with Crippen LogP contribution in [0.15, 0.2) is 71.6 Å². The van der Waals surface area contributed by atoms with Crippen LogP contribution in [-0.4, -0.2) is 22.6 Å². The summed E-state index contributed by atoms with van der Waals surface area (Å²) in [6, 6.07) is 18.3. The summed E-state index contributed by atoms with van der Waals surface area (Å²) < 4.78 is 39.7. The molecule has 30 heavy (non-hydrogen) atoms. The normalized spacial score (nSPS) is 12.3. The molecule has 0 fully saturated rings. The second kappa shape index (κ2) is 8.98. The molecule has 0 spiro atoms. The van der Waals surface area contributed by atoms with Gasteiger partial charge in [0.1, 0.15) is 11.5 Å². The van der Waals surface area contributed by atoms with Gasteiger partial charge in [-0.2, -0.15) is 0 Å². The Bertz CT molecular complexity index is 1130. The molecule has 3 aromatic rings. The maximum atomic E-state index is 13.7. The Morgan fingerprint density at radius 1 is 0.933 bits per heavy atom. The summed E-state index contributed by atoms with van der Waals surface area (Å²) in [5.74, 6) is 1.17. The number of halogens is 1. The van der Waals surface area contributed by atoms with Crippen molar-refractivity contribution in [2.24, 2.45) is 0 Å². The monoisotopic (exact) mass is 445 g/mol. The molecule has 0 aromatic heterocycles. The number of anilines is 1. The van der Waals surface area contributed by atoms with Crippen LogP contribution in [0.5, 0.6) is 11.5 Å². The first kappa shape index (κ1) is 22.0. The van der Waals surface area contributed by atoms with E-state index >= 15 is 0 Å². The Hall–Kier alpha value is -2.70. The van der Waals surface area contributed by atoms with Gasteiger partial charge in [-0.25, -0.2) is 8.42 Å². The van der Waals surface area contributed by atoms with Crippen LogP contribution in [0.1, 0.15) is 24.1 Å². The van der Waals surface area contributed by atoms with E-state index in [-0.39, 0.29) is 4.90 Å². The van der Waals surface area contributed by atoms with E-state index in [4.69, 9.17) is 21.1 Å². The molecule has 0 aliphatic heterocycles. The molecule has 0 saturated carbocycles. The van der Waals surface area contributed by atoms with E-state index in [0.29, 0.717) is 27.8 Å². The van der Waals surface area contributed by atoms with Crippen LogP contribution in [0, 0.1) is 6.92 Å². The number of benzene rings is 3. The maximum Gasteiger partial charge on any atom is 0.264 e. The fourth-order valence-corrected chi connectivity index (χ4v) is 5.11. The smallest absolute Gasteiger partial charge is 0.264 e. The first-order valence-corrected chi connectivity index (χ1v) is 11.2. The van der Waals surface area contributed by atoms with Crippen LogP contribution in [-0.2, 0) is 10.0 Å². The Balaban J connectivity index is 2.21. The summed E-state index contributed by atoms with van der Waals surface area (Å²) in [6.45, 7) is 3.72. The van der Waals surface area contributed by atoms with Gasteiger partial charge in [0.25, 0.3) is 10.0 Å². The summed E-state index contributed by atoms with van der Waals surface area (Å²) in [7, 11) is -0.786. The molecular formula is C23H24ClNO4S. The molecule has 3 rings (SSSR count). The fourth-order valence-electron chi connectivity index (χ4n) is 3.30. The molecule has 3 aromatic carbocycles. The molecule has 0 radical (unpaired) electrons. The Kier molecular flexibility index (Phi) is 6.58. The Morgan fingerprint density at radius 3 is 2.23 bits per heavy atom. The van der Waals surface area contributed by atoms with Crippen molar-refractivity contribution in [1.29, 1.82) is 0 Å². The van der Waals surface area contributed by atoms with Gasteiger partial charge >= 0.3 is 0 Å². The molecule has 5 nitrogen and oxygen atoms in total. The number of methoxy groups -OCH3 is 2. The van der Waals surface area contributed by atoms with Crippen molar-refractivity contribution in [2.45, 2.75) is 24.8 Å². The molecule has 158 valence electrons. The fraction of sp³-hybridized carbons (Fsp3) is 0.217. The van der Waals surface area contributed by atoms with E-state index in [1.54, 1.807) is 80.9 Å². The van der Waals surface area contributed by atoms with Gasteiger partial charge in [0.2, 0.25) is 0 Å². The Labute approximate surface area is 182 Å². The van der Waals surface area contributed by atoms with E-state index in [1.165, 1.54) is 4.31 Å². The lowest BCUT2D eigenvalue weighted by molar-refractivity contribution is 0.396. The van der Waals surface area contributed by atoms with E-state index in [2.05, 4.69) is 0 Å². The molecular weight excluding hydrogens is 422 g/mol. The maximum absolute atomic E-state index is 13.7. The van der Waals surface area contributed by atoms with Crippen molar-refractivity contribution in [3.8, 4) is 11.5 Å². The summed E-state index contributed by atoms with van der Waals surface area (Å²) >= 11 is 6.20. The van der Waals surface area contributed by atoms with Gasteiger partial charge in [-0.3, -0.25) is 4.31 Å². The van der Waals surface area contributed by atoms with Crippen molar-refractivity contribution in [3.63, 3.8) is 0 Å². The van der Waals surface area contributed by atoms with Crippen molar-refractivity contribution < 1.29 is 17.9 Å². The van der Waals surface area contributed by atoms with Crippen molar-refractivity contribution in [2.75, 3.05) is 18.5 Å². The summed E-state index contributed by atoms with van der Waals surface area (Å²) in [6.07, 6.45) is 0. The number of hydrogen-bond acceptors (Lipinski definition) is 4. The van der Waals surface area contributed by atoms with Gasteiger partial charge in [-0.05, 0) is 62.4 Å². The average Bonchev–Trinajstić information content (AvgIpc) is 2.73. The van der Waals surface area contributed by atoms with Crippen LogP contribution >= 0.6 is 11.6 Å². The van der Waals surface area contributed by atoms with Gasteiger partial charge in [-0.1, -0.05) is 35.4 Å². The molecule has 0 aliphatic carbocycles. The predicted molar refractivity (Wildman–Crippen MR) is 120 cm³/mol. The van der Waals surface area contributed by atoms with Crippen LogP contribution in [0.4, 0.5) is 5.69 Å². The summed E-state index contributed by atoms with van der Waals surface area (Å²) in [5, 5.41) is 0.446. The largest absolute Gasteiger partial charge is 0.497 e. The minimum atomic E-state index is -3.90. The third kappa shape index (κ3) is 4.40. The van der Waals surface area contributed by atoms with Gasteiger partial charge < -0.3 is 9.47 Å². The quantitative estimate of drug-likeness (QED) is 0.473. The highest BCUT2D eigenvalue weighted by atomic mass is 35.5. The van der Waals surface area contributed by atoms with Crippen molar-refractivity contribution in [3.05, 3.63) is 82.9 Å². The highest BCUT2D eigenvalue weighted by Crippen LogP contribution is 2.39. The predicted octanol–water partition coefficient (Wildman–Crippen LogP) is 5.62. The molecule has 7 heteroatoms. The lowest BCUT2D eigenvalue weighted by atomic mass is 10.1. The Morgan fingerprint density at radius 2 is 1.63 bits per heavy atom. The number of nitrogens with zero attached hydrogens (tertiary/aromatic N) is 1.